The molecule has 2 rings (SSSR count). The molecule has 1 aromatic heterocycles. The molecule has 1 aromatic carbocycles. The van der Waals surface area contributed by atoms with E-state index in [9.17, 15) is 8.42 Å². The number of nitrogen functional groups attached to an aromatic ring is 1. The monoisotopic (exact) mass is 262 g/mol. The van der Waals surface area contributed by atoms with Gasteiger partial charge < -0.3 is 5.73 Å². The van der Waals surface area contributed by atoms with Crippen molar-refractivity contribution in [3.8, 4) is 0 Å². The van der Waals surface area contributed by atoms with Crippen molar-refractivity contribution in [1.29, 1.82) is 0 Å². The fourth-order valence-corrected chi connectivity index (χ4v) is 3.00. The average molecular weight is 262 g/mol. The second-order valence-corrected chi connectivity index (χ2v) is 5.98. The number of hydrogen-bond acceptors (Lipinski definition) is 4. The van der Waals surface area contributed by atoms with Gasteiger partial charge in [-0.3, -0.25) is 0 Å². The summed E-state index contributed by atoms with van der Waals surface area (Å²) in [4.78, 5) is 3.85. The molecule has 5 heteroatoms. The largest absolute Gasteiger partial charge is 0.396 e. The number of aromatic nitrogens is 1. The Morgan fingerprint density at radius 1 is 1.06 bits per heavy atom. The Hall–Kier alpha value is -1.88. The maximum atomic E-state index is 12.1. The minimum Gasteiger partial charge on any atom is -0.396 e. The SMILES string of the molecule is Nc1cccnc1S(=O)(=O)CCc1ccccc1. The maximum absolute atomic E-state index is 12.1. The zero-order valence-corrected chi connectivity index (χ0v) is 10.6. The van der Waals surface area contributed by atoms with Crippen LogP contribution in [-0.2, 0) is 16.3 Å². The average Bonchev–Trinajstić information content (AvgIpc) is 2.38. The van der Waals surface area contributed by atoms with E-state index in [4.69, 9.17) is 5.73 Å². The Morgan fingerprint density at radius 3 is 2.44 bits per heavy atom. The molecule has 2 aromatic rings. The summed E-state index contributed by atoms with van der Waals surface area (Å²) in [7, 11) is -3.43. The molecule has 0 aliphatic heterocycles. The number of anilines is 1. The zero-order chi connectivity index (χ0) is 13.0. The molecule has 0 fully saturated rings. The minimum absolute atomic E-state index is 0.0121. The topological polar surface area (TPSA) is 73.0 Å². The summed E-state index contributed by atoms with van der Waals surface area (Å²) in [6.45, 7) is 0. The Labute approximate surface area is 106 Å². The van der Waals surface area contributed by atoms with E-state index in [1.165, 1.54) is 6.20 Å². The van der Waals surface area contributed by atoms with E-state index in [1.54, 1.807) is 12.1 Å². The van der Waals surface area contributed by atoms with E-state index in [0.717, 1.165) is 5.56 Å². The van der Waals surface area contributed by atoms with Crippen LogP contribution >= 0.6 is 0 Å². The quantitative estimate of drug-likeness (QED) is 0.909. The number of sulfone groups is 1. The molecule has 4 nitrogen and oxygen atoms in total. The van der Waals surface area contributed by atoms with Gasteiger partial charge in [-0.1, -0.05) is 30.3 Å². The predicted octanol–water partition coefficient (Wildman–Crippen LogP) is 1.68. The third kappa shape index (κ3) is 2.87. The van der Waals surface area contributed by atoms with Crippen molar-refractivity contribution < 1.29 is 8.42 Å². The van der Waals surface area contributed by atoms with Gasteiger partial charge in [-0.05, 0) is 24.1 Å². The molecule has 2 N–H and O–H groups in total. The minimum atomic E-state index is -3.43. The Morgan fingerprint density at radius 2 is 1.78 bits per heavy atom. The molecule has 0 radical (unpaired) electrons. The molecule has 0 aliphatic rings. The van der Waals surface area contributed by atoms with Crippen LogP contribution in [0.1, 0.15) is 5.56 Å². The Balaban J connectivity index is 2.16. The zero-order valence-electron chi connectivity index (χ0n) is 9.78. The van der Waals surface area contributed by atoms with E-state index in [0.29, 0.717) is 6.42 Å². The van der Waals surface area contributed by atoms with Crippen LogP contribution in [0.15, 0.2) is 53.7 Å². The maximum Gasteiger partial charge on any atom is 0.198 e. The number of nitrogens with zero attached hydrogens (tertiary/aromatic N) is 1. The van der Waals surface area contributed by atoms with Crippen molar-refractivity contribution in [1.82, 2.24) is 4.98 Å². The summed E-state index contributed by atoms with van der Waals surface area (Å²) in [5.41, 5.74) is 6.82. The third-order valence-corrected chi connectivity index (χ3v) is 4.27. The van der Waals surface area contributed by atoms with E-state index >= 15 is 0 Å². The summed E-state index contributed by atoms with van der Waals surface area (Å²) in [5.74, 6) is 0.0121. The number of aryl methyl sites for hydroxylation is 1. The van der Waals surface area contributed by atoms with Crippen LogP contribution in [0.25, 0.3) is 0 Å². The van der Waals surface area contributed by atoms with Gasteiger partial charge in [0.1, 0.15) is 0 Å². The second-order valence-electron chi connectivity index (χ2n) is 3.95. The smallest absolute Gasteiger partial charge is 0.198 e. The molecule has 94 valence electrons. The lowest BCUT2D eigenvalue weighted by atomic mass is 10.2. The van der Waals surface area contributed by atoms with E-state index in [-0.39, 0.29) is 16.5 Å². The van der Waals surface area contributed by atoms with Gasteiger partial charge in [0.15, 0.2) is 14.9 Å². The lowest BCUT2D eigenvalue weighted by molar-refractivity contribution is 0.592. The first-order chi connectivity index (χ1) is 8.59. The number of pyridine rings is 1. The standard InChI is InChI=1S/C13H14N2O2S/c14-12-7-4-9-15-13(12)18(16,17)10-8-11-5-2-1-3-6-11/h1-7,9H,8,10,14H2. The van der Waals surface area contributed by atoms with E-state index in [2.05, 4.69) is 4.98 Å². The van der Waals surface area contributed by atoms with Crippen LogP contribution in [-0.4, -0.2) is 19.2 Å². The van der Waals surface area contributed by atoms with E-state index in [1.807, 2.05) is 30.3 Å². The summed E-state index contributed by atoms with van der Waals surface area (Å²) in [5, 5.41) is -0.0269. The van der Waals surface area contributed by atoms with E-state index < -0.39 is 9.84 Å². The van der Waals surface area contributed by atoms with Crippen LogP contribution in [0.3, 0.4) is 0 Å². The Kier molecular flexibility index (Phi) is 3.62. The van der Waals surface area contributed by atoms with Crippen molar-refractivity contribution in [2.24, 2.45) is 0 Å². The van der Waals surface area contributed by atoms with Crippen LogP contribution < -0.4 is 5.73 Å². The first-order valence-electron chi connectivity index (χ1n) is 5.57. The molecule has 0 saturated heterocycles. The highest BCUT2D eigenvalue weighted by atomic mass is 32.2. The summed E-state index contributed by atoms with van der Waals surface area (Å²) < 4.78 is 24.2. The van der Waals surface area contributed by atoms with Crippen molar-refractivity contribution in [3.63, 3.8) is 0 Å². The van der Waals surface area contributed by atoms with Crippen molar-refractivity contribution in [2.75, 3.05) is 11.5 Å². The number of rotatable bonds is 4. The lowest BCUT2D eigenvalue weighted by Gasteiger charge is -2.06. The van der Waals surface area contributed by atoms with Crippen molar-refractivity contribution >= 4 is 15.5 Å². The molecule has 0 bridgehead atoms. The van der Waals surface area contributed by atoms with Gasteiger partial charge in [0.25, 0.3) is 0 Å². The lowest BCUT2D eigenvalue weighted by Crippen LogP contribution is -2.13. The van der Waals surface area contributed by atoms with Gasteiger partial charge in [-0.2, -0.15) is 0 Å². The molecular formula is C13H14N2O2S. The fourth-order valence-electron chi connectivity index (χ4n) is 1.66. The first kappa shape index (κ1) is 12.6. The molecule has 18 heavy (non-hydrogen) atoms. The normalized spacial score (nSPS) is 11.3. The van der Waals surface area contributed by atoms with Gasteiger partial charge in [0.2, 0.25) is 0 Å². The molecule has 0 amide bonds. The third-order valence-electron chi connectivity index (χ3n) is 2.60. The van der Waals surface area contributed by atoms with Crippen molar-refractivity contribution in [2.45, 2.75) is 11.4 Å². The first-order valence-corrected chi connectivity index (χ1v) is 7.22. The number of benzene rings is 1. The van der Waals surface area contributed by atoms with Gasteiger partial charge in [0.05, 0.1) is 11.4 Å². The highest BCUT2D eigenvalue weighted by Gasteiger charge is 2.18. The molecule has 0 aliphatic carbocycles. The van der Waals surface area contributed by atoms with Gasteiger partial charge >= 0.3 is 0 Å². The van der Waals surface area contributed by atoms with Gasteiger partial charge in [-0.15, -0.1) is 0 Å². The van der Waals surface area contributed by atoms with Crippen molar-refractivity contribution in [3.05, 3.63) is 54.2 Å². The van der Waals surface area contributed by atoms with Crippen LogP contribution in [0.2, 0.25) is 0 Å². The molecule has 0 saturated carbocycles. The number of nitrogens with two attached hydrogens (primary N) is 1. The fraction of sp³-hybridized carbons (Fsp3) is 0.154. The molecule has 1 heterocycles. The molecule has 0 unspecified atom stereocenters. The van der Waals surface area contributed by atoms with Gasteiger partial charge in [0, 0.05) is 6.20 Å². The van der Waals surface area contributed by atoms with Crippen LogP contribution in [0.5, 0.6) is 0 Å². The highest BCUT2D eigenvalue weighted by Crippen LogP contribution is 2.16. The summed E-state index contributed by atoms with van der Waals surface area (Å²) >= 11 is 0. The van der Waals surface area contributed by atoms with Crippen LogP contribution in [0, 0.1) is 0 Å². The molecule has 0 spiro atoms. The van der Waals surface area contributed by atoms with Gasteiger partial charge in [-0.25, -0.2) is 13.4 Å². The molecular weight excluding hydrogens is 248 g/mol. The number of hydrogen-bond donors (Lipinski definition) is 1. The highest BCUT2D eigenvalue weighted by molar-refractivity contribution is 7.91. The summed E-state index contributed by atoms with van der Waals surface area (Å²) in [6.07, 6.45) is 1.89. The molecule has 0 atom stereocenters. The Bertz CT molecular complexity index is 624. The van der Waals surface area contributed by atoms with Crippen LogP contribution in [0.4, 0.5) is 5.69 Å². The predicted molar refractivity (Wildman–Crippen MR) is 70.8 cm³/mol. The summed E-state index contributed by atoms with van der Waals surface area (Å²) in [6, 6.07) is 12.6. The second kappa shape index (κ2) is 5.18.